The maximum absolute atomic E-state index is 12.6. The van der Waals surface area contributed by atoms with E-state index in [-0.39, 0.29) is 11.8 Å². The lowest BCUT2D eigenvalue weighted by molar-refractivity contribution is -0.126. The molecule has 138 valence electrons. The highest BCUT2D eigenvalue weighted by Crippen LogP contribution is 2.19. The van der Waals surface area contributed by atoms with Gasteiger partial charge in [-0.15, -0.1) is 0 Å². The molecular formula is C22H29N3O. The fourth-order valence-corrected chi connectivity index (χ4v) is 3.53. The number of hydrogen-bond donors (Lipinski definition) is 1. The SMILES string of the molecule is CN(C)c1cccc(CNC(=O)C2CCCN(Cc3ccccc3)C2)c1. The molecule has 2 aromatic rings. The monoisotopic (exact) mass is 351 g/mol. The Balaban J connectivity index is 1.52. The lowest BCUT2D eigenvalue weighted by atomic mass is 9.96. The van der Waals surface area contributed by atoms with Crippen LogP contribution >= 0.6 is 0 Å². The van der Waals surface area contributed by atoms with Gasteiger partial charge in [-0.1, -0.05) is 42.5 Å². The first kappa shape index (κ1) is 18.5. The van der Waals surface area contributed by atoms with Crippen LogP contribution in [0.5, 0.6) is 0 Å². The molecule has 1 amide bonds. The van der Waals surface area contributed by atoms with E-state index in [0.29, 0.717) is 6.54 Å². The van der Waals surface area contributed by atoms with Crippen LogP contribution in [0.4, 0.5) is 5.69 Å². The summed E-state index contributed by atoms with van der Waals surface area (Å²) < 4.78 is 0. The van der Waals surface area contributed by atoms with Crippen LogP contribution in [0.2, 0.25) is 0 Å². The van der Waals surface area contributed by atoms with Crippen molar-refractivity contribution < 1.29 is 4.79 Å². The van der Waals surface area contributed by atoms with Crippen molar-refractivity contribution in [3.8, 4) is 0 Å². The highest BCUT2D eigenvalue weighted by atomic mass is 16.1. The third-order valence-corrected chi connectivity index (χ3v) is 5.02. The molecule has 1 saturated heterocycles. The number of nitrogens with zero attached hydrogens (tertiary/aromatic N) is 2. The van der Waals surface area contributed by atoms with Crippen molar-refractivity contribution >= 4 is 11.6 Å². The van der Waals surface area contributed by atoms with E-state index in [1.54, 1.807) is 0 Å². The predicted molar refractivity (Wildman–Crippen MR) is 107 cm³/mol. The molecule has 0 bridgehead atoms. The van der Waals surface area contributed by atoms with Gasteiger partial charge in [0.2, 0.25) is 5.91 Å². The molecule has 0 radical (unpaired) electrons. The Labute approximate surface area is 156 Å². The number of anilines is 1. The van der Waals surface area contributed by atoms with E-state index < -0.39 is 0 Å². The lowest BCUT2D eigenvalue weighted by Crippen LogP contribution is -2.42. The normalized spacial score (nSPS) is 17.7. The minimum absolute atomic E-state index is 0.0875. The summed E-state index contributed by atoms with van der Waals surface area (Å²) in [5, 5.41) is 3.14. The van der Waals surface area contributed by atoms with Crippen molar-refractivity contribution in [2.45, 2.75) is 25.9 Å². The van der Waals surface area contributed by atoms with Crippen LogP contribution < -0.4 is 10.2 Å². The van der Waals surface area contributed by atoms with E-state index in [9.17, 15) is 4.79 Å². The second-order valence-electron chi connectivity index (χ2n) is 7.34. The van der Waals surface area contributed by atoms with Crippen LogP contribution in [0, 0.1) is 5.92 Å². The van der Waals surface area contributed by atoms with E-state index >= 15 is 0 Å². The summed E-state index contributed by atoms with van der Waals surface area (Å²) in [6.45, 7) is 3.44. The number of amides is 1. The standard InChI is InChI=1S/C22H29N3O/c1-24(2)21-12-6-10-19(14-21)15-23-22(26)20-11-7-13-25(17-20)16-18-8-4-3-5-9-18/h3-6,8-10,12,14,20H,7,11,13,15-17H2,1-2H3,(H,23,26). The van der Waals surface area contributed by atoms with Gasteiger partial charge in [0.15, 0.2) is 0 Å². The molecule has 0 aromatic heterocycles. The second-order valence-corrected chi connectivity index (χ2v) is 7.34. The van der Waals surface area contributed by atoms with Crippen molar-refractivity contribution in [1.82, 2.24) is 10.2 Å². The lowest BCUT2D eigenvalue weighted by Gasteiger charge is -2.32. The summed E-state index contributed by atoms with van der Waals surface area (Å²) in [4.78, 5) is 17.1. The highest BCUT2D eigenvalue weighted by Gasteiger charge is 2.25. The van der Waals surface area contributed by atoms with Gasteiger partial charge in [-0.2, -0.15) is 0 Å². The van der Waals surface area contributed by atoms with Crippen molar-refractivity contribution in [3.05, 3.63) is 65.7 Å². The van der Waals surface area contributed by atoms with Gasteiger partial charge >= 0.3 is 0 Å². The highest BCUT2D eigenvalue weighted by molar-refractivity contribution is 5.79. The predicted octanol–water partition coefficient (Wildman–Crippen LogP) is 3.28. The number of likely N-dealkylation sites (tertiary alicyclic amines) is 1. The molecule has 1 unspecified atom stereocenters. The van der Waals surface area contributed by atoms with E-state index in [0.717, 1.165) is 43.7 Å². The largest absolute Gasteiger partial charge is 0.378 e. The molecule has 1 aliphatic rings. The number of rotatable bonds is 6. The Morgan fingerprint density at radius 3 is 2.65 bits per heavy atom. The molecule has 3 rings (SSSR count). The number of benzene rings is 2. The van der Waals surface area contributed by atoms with Gasteiger partial charge in [-0.05, 0) is 42.6 Å². The van der Waals surface area contributed by atoms with Gasteiger partial charge in [-0.25, -0.2) is 0 Å². The van der Waals surface area contributed by atoms with E-state index in [1.807, 2.05) is 26.2 Å². The van der Waals surface area contributed by atoms with Crippen molar-refractivity contribution in [2.24, 2.45) is 5.92 Å². The maximum Gasteiger partial charge on any atom is 0.224 e. The molecule has 0 saturated carbocycles. The molecule has 0 aliphatic carbocycles. The summed E-state index contributed by atoms with van der Waals surface area (Å²) in [5.74, 6) is 0.266. The first-order valence-corrected chi connectivity index (χ1v) is 9.42. The molecule has 1 atom stereocenters. The Kier molecular flexibility index (Phi) is 6.29. The van der Waals surface area contributed by atoms with Gasteiger partial charge in [-0.3, -0.25) is 9.69 Å². The Morgan fingerprint density at radius 2 is 1.88 bits per heavy atom. The minimum Gasteiger partial charge on any atom is -0.378 e. The zero-order valence-corrected chi connectivity index (χ0v) is 15.8. The molecule has 4 nitrogen and oxygen atoms in total. The Morgan fingerprint density at radius 1 is 1.12 bits per heavy atom. The first-order valence-electron chi connectivity index (χ1n) is 9.42. The zero-order valence-electron chi connectivity index (χ0n) is 15.8. The summed E-state index contributed by atoms with van der Waals surface area (Å²) in [7, 11) is 4.06. The van der Waals surface area contributed by atoms with Gasteiger partial charge in [0.25, 0.3) is 0 Å². The van der Waals surface area contributed by atoms with Crippen molar-refractivity contribution in [2.75, 3.05) is 32.1 Å². The fourth-order valence-electron chi connectivity index (χ4n) is 3.53. The quantitative estimate of drug-likeness (QED) is 0.867. The summed E-state index contributed by atoms with van der Waals surface area (Å²) in [6, 6.07) is 18.8. The van der Waals surface area contributed by atoms with Crippen LogP contribution in [-0.4, -0.2) is 38.0 Å². The van der Waals surface area contributed by atoms with Gasteiger partial charge in [0.05, 0.1) is 5.92 Å². The smallest absolute Gasteiger partial charge is 0.224 e. The number of hydrogen-bond acceptors (Lipinski definition) is 3. The molecule has 1 aliphatic heterocycles. The van der Waals surface area contributed by atoms with Gasteiger partial charge < -0.3 is 10.2 Å². The average Bonchev–Trinajstić information content (AvgIpc) is 2.67. The number of nitrogens with one attached hydrogen (secondary N) is 1. The number of carbonyl (C=O) groups excluding carboxylic acids is 1. The average molecular weight is 351 g/mol. The van der Waals surface area contributed by atoms with E-state index in [1.165, 1.54) is 5.56 Å². The third-order valence-electron chi connectivity index (χ3n) is 5.02. The Hall–Kier alpha value is -2.33. The summed E-state index contributed by atoms with van der Waals surface area (Å²) in [5.41, 5.74) is 3.61. The van der Waals surface area contributed by atoms with Crippen LogP contribution in [0.1, 0.15) is 24.0 Å². The second kappa shape index (κ2) is 8.86. The molecule has 1 N–H and O–H groups in total. The minimum atomic E-state index is 0.0875. The Bertz CT molecular complexity index is 714. The summed E-state index contributed by atoms with van der Waals surface area (Å²) >= 11 is 0. The van der Waals surface area contributed by atoms with Gasteiger partial charge in [0, 0.05) is 39.4 Å². The topological polar surface area (TPSA) is 35.6 Å². The molecule has 1 fully saturated rings. The van der Waals surface area contributed by atoms with Crippen LogP contribution in [0.15, 0.2) is 54.6 Å². The van der Waals surface area contributed by atoms with Crippen LogP contribution in [0.25, 0.3) is 0 Å². The van der Waals surface area contributed by atoms with E-state index in [4.69, 9.17) is 0 Å². The van der Waals surface area contributed by atoms with Crippen molar-refractivity contribution in [1.29, 1.82) is 0 Å². The van der Waals surface area contributed by atoms with Crippen LogP contribution in [0.3, 0.4) is 0 Å². The molecule has 1 heterocycles. The van der Waals surface area contributed by atoms with Gasteiger partial charge in [0.1, 0.15) is 0 Å². The molecule has 26 heavy (non-hydrogen) atoms. The zero-order chi connectivity index (χ0) is 18.4. The molecule has 2 aromatic carbocycles. The third kappa shape index (κ3) is 5.09. The summed E-state index contributed by atoms with van der Waals surface area (Å²) in [6.07, 6.45) is 2.07. The van der Waals surface area contributed by atoms with Crippen molar-refractivity contribution in [3.63, 3.8) is 0 Å². The first-order chi connectivity index (χ1) is 12.6. The fraction of sp³-hybridized carbons (Fsp3) is 0.409. The molecular weight excluding hydrogens is 322 g/mol. The maximum atomic E-state index is 12.6. The van der Waals surface area contributed by atoms with Crippen LogP contribution in [-0.2, 0) is 17.9 Å². The van der Waals surface area contributed by atoms with E-state index in [2.05, 4.69) is 57.6 Å². The number of carbonyl (C=O) groups is 1. The molecule has 0 spiro atoms. The molecule has 4 heteroatoms. The number of piperidine rings is 1.